The molecule has 0 aliphatic carbocycles. The minimum absolute atomic E-state index is 0.0300. The number of amides is 1. The summed E-state index contributed by atoms with van der Waals surface area (Å²) in [6.45, 7) is 5.51. The molecule has 0 bridgehead atoms. The number of aliphatic carboxylic acids is 1. The van der Waals surface area contributed by atoms with Gasteiger partial charge in [0.25, 0.3) is 5.91 Å². The number of carboxylic acid groups (broad SMARTS) is 1. The zero-order chi connectivity index (χ0) is 27.2. The zero-order valence-electron chi connectivity index (χ0n) is 21.4. The Bertz CT molecular complexity index is 1220. The van der Waals surface area contributed by atoms with Crippen LogP contribution in [0.5, 0.6) is 0 Å². The molecule has 2 aromatic rings. The fraction of sp³-hybridized carbons (Fsp3) is 0.500. The van der Waals surface area contributed by atoms with Crippen molar-refractivity contribution < 1.29 is 28.0 Å². The summed E-state index contributed by atoms with van der Waals surface area (Å²) < 4.78 is 28.1. The number of rotatable bonds is 13. The van der Waals surface area contributed by atoms with Gasteiger partial charge in [-0.3, -0.25) is 9.59 Å². The van der Waals surface area contributed by atoms with E-state index in [1.807, 2.05) is 18.9 Å². The number of imidazole rings is 1. The molecule has 1 aromatic heterocycles. The third-order valence-corrected chi connectivity index (χ3v) is 7.82. The predicted octanol–water partition coefficient (Wildman–Crippen LogP) is 1.63. The van der Waals surface area contributed by atoms with Crippen LogP contribution in [0.15, 0.2) is 34.6 Å². The summed E-state index contributed by atoms with van der Waals surface area (Å²) in [5.41, 5.74) is 2.06. The number of unbranched alkanes of at least 4 members (excludes halogenated alkanes) is 1. The Balaban J connectivity index is 1.46. The van der Waals surface area contributed by atoms with Gasteiger partial charge in [0.05, 0.1) is 4.90 Å². The third kappa shape index (κ3) is 7.52. The van der Waals surface area contributed by atoms with Crippen LogP contribution in [-0.4, -0.2) is 73.4 Å². The number of H-pyrrole nitrogens is 1. The van der Waals surface area contributed by atoms with Crippen LogP contribution in [0.25, 0.3) is 0 Å². The summed E-state index contributed by atoms with van der Waals surface area (Å²) in [5.74, 6) is -1.20. The number of nitrogens with one attached hydrogen (secondary N) is 3. The number of aromatic amines is 1. The lowest BCUT2D eigenvalue weighted by molar-refractivity contribution is -0.138. The Morgan fingerprint density at radius 3 is 2.57 bits per heavy atom. The van der Waals surface area contributed by atoms with Crippen LogP contribution in [-0.2, 0) is 24.4 Å². The summed E-state index contributed by atoms with van der Waals surface area (Å²) in [4.78, 5) is 38.9. The van der Waals surface area contributed by atoms with Crippen LogP contribution in [0.1, 0.15) is 42.4 Å². The van der Waals surface area contributed by atoms with Gasteiger partial charge in [0.15, 0.2) is 0 Å². The van der Waals surface area contributed by atoms with E-state index in [0.29, 0.717) is 24.0 Å². The molecule has 2 unspecified atom stereocenters. The average molecular weight is 535 g/mol. The predicted molar refractivity (Wildman–Crippen MR) is 138 cm³/mol. The SMILES string of the molecule is Cc1cc(C)c(S(=O)(=O)NC(CNC(=O)C2=NOC(CCCCN(C)c3ncc[nH]3)C2)C(=O)O)c(C)c1. The second kappa shape index (κ2) is 12.2. The second-order valence-electron chi connectivity index (χ2n) is 9.25. The molecule has 4 N–H and O–H groups in total. The molecular formula is C24H34N6O6S. The van der Waals surface area contributed by atoms with Gasteiger partial charge in [0.1, 0.15) is 17.9 Å². The molecule has 13 heteroatoms. The lowest BCUT2D eigenvalue weighted by Crippen LogP contribution is -2.49. The highest BCUT2D eigenvalue weighted by Crippen LogP contribution is 2.22. The number of hydrogen-bond donors (Lipinski definition) is 4. The Hall–Kier alpha value is -3.45. The van der Waals surface area contributed by atoms with E-state index < -0.39 is 34.5 Å². The van der Waals surface area contributed by atoms with E-state index >= 15 is 0 Å². The number of oxime groups is 1. The number of sulfonamides is 1. The first kappa shape index (κ1) is 28.1. The number of aryl methyl sites for hydroxylation is 3. The summed E-state index contributed by atoms with van der Waals surface area (Å²) >= 11 is 0. The summed E-state index contributed by atoms with van der Waals surface area (Å²) in [6, 6.07) is 1.87. The number of carbonyl (C=O) groups excluding carboxylic acids is 1. The molecule has 12 nitrogen and oxygen atoms in total. The van der Waals surface area contributed by atoms with E-state index in [1.54, 1.807) is 38.4 Å². The van der Waals surface area contributed by atoms with Crippen LogP contribution >= 0.6 is 0 Å². The smallest absolute Gasteiger partial charge is 0.323 e. The van der Waals surface area contributed by atoms with Gasteiger partial charge in [-0.25, -0.2) is 13.4 Å². The average Bonchev–Trinajstić information content (AvgIpc) is 3.50. The van der Waals surface area contributed by atoms with Crippen molar-refractivity contribution in [1.82, 2.24) is 20.0 Å². The highest BCUT2D eigenvalue weighted by Gasteiger charge is 2.30. The van der Waals surface area contributed by atoms with Crippen molar-refractivity contribution in [1.29, 1.82) is 0 Å². The van der Waals surface area contributed by atoms with E-state index in [1.165, 1.54) is 0 Å². The van der Waals surface area contributed by atoms with E-state index in [2.05, 4.69) is 25.2 Å². The quantitative estimate of drug-likeness (QED) is 0.281. The molecule has 1 amide bonds. The fourth-order valence-electron chi connectivity index (χ4n) is 4.32. The molecule has 1 aliphatic rings. The Morgan fingerprint density at radius 2 is 1.95 bits per heavy atom. The first-order chi connectivity index (χ1) is 17.5. The Kier molecular flexibility index (Phi) is 9.27. The number of nitrogens with zero attached hydrogens (tertiary/aromatic N) is 3. The van der Waals surface area contributed by atoms with Crippen molar-refractivity contribution in [3.63, 3.8) is 0 Å². The van der Waals surface area contributed by atoms with E-state index in [4.69, 9.17) is 4.84 Å². The monoisotopic (exact) mass is 534 g/mol. The summed E-state index contributed by atoms with van der Waals surface area (Å²) in [5, 5.41) is 15.9. The zero-order valence-corrected chi connectivity index (χ0v) is 22.3. The number of benzene rings is 1. The van der Waals surface area contributed by atoms with Crippen molar-refractivity contribution in [3.8, 4) is 0 Å². The molecule has 0 radical (unpaired) electrons. The van der Waals surface area contributed by atoms with Gasteiger partial charge in [0, 0.05) is 39.0 Å². The molecular weight excluding hydrogens is 500 g/mol. The minimum atomic E-state index is -4.14. The summed E-state index contributed by atoms with van der Waals surface area (Å²) in [7, 11) is -2.19. The molecule has 2 heterocycles. The van der Waals surface area contributed by atoms with E-state index in [-0.39, 0.29) is 16.7 Å². The number of aromatic nitrogens is 2. The van der Waals surface area contributed by atoms with Crippen LogP contribution in [0, 0.1) is 20.8 Å². The molecule has 0 saturated carbocycles. The highest BCUT2D eigenvalue weighted by atomic mass is 32.2. The van der Waals surface area contributed by atoms with Gasteiger partial charge in [-0.05, 0) is 51.2 Å². The topological polar surface area (TPSA) is 166 Å². The van der Waals surface area contributed by atoms with Gasteiger partial charge < -0.3 is 25.1 Å². The maximum atomic E-state index is 12.9. The van der Waals surface area contributed by atoms with Crippen LogP contribution in [0.3, 0.4) is 0 Å². The molecule has 0 fully saturated rings. The van der Waals surface area contributed by atoms with Gasteiger partial charge in [0.2, 0.25) is 16.0 Å². The highest BCUT2D eigenvalue weighted by molar-refractivity contribution is 7.89. The van der Waals surface area contributed by atoms with E-state index in [9.17, 15) is 23.1 Å². The van der Waals surface area contributed by atoms with Crippen LogP contribution < -0.4 is 14.9 Å². The van der Waals surface area contributed by atoms with Gasteiger partial charge in [-0.2, -0.15) is 4.72 Å². The molecule has 0 spiro atoms. The van der Waals surface area contributed by atoms with E-state index in [0.717, 1.165) is 30.9 Å². The fourth-order valence-corrected chi connectivity index (χ4v) is 5.97. The van der Waals surface area contributed by atoms with Crippen molar-refractivity contribution in [2.24, 2.45) is 5.16 Å². The van der Waals surface area contributed by atoms with Gasteiger partial charge >= 0.3 is 5.97 Å². The maximum absolute atomic E-state index is 12.9. The largest absolute Gasteiger partial charge is 0.480 e. The molecule has 1 aromatic carbocycles. The molecule has 0 saturated heterocycles. The molecule has 37 heavy (non-hydrogen) atoms. The maximum Gasteiger partial charge on any atom is 0.323 e. The molecule has 1 aliphatic heterocycles. The Morgan fingerprint density at radius 1 is 1.24 bits per heavy atom. The first-order valence-corrected chi connectivity index (χ1v) is 13.5. The second-order valence-corrected chi connectivity index (χ2v) is 10.9. The molecule has 2 atom stereocenters. The number of carbonyl (C=O) groups is 2. The number of hydrogen-bond acceptors (Lipinski definition) is 8. The summed E-state index contributed by atoms with van der Waals surface area (Å²) in [6.07, 6.45) is 5.99. The minimum Gasteiger partial charge on any atom is -0.480 e. The number of carboxylic acids is 1. The van der Waals surface area contributed by atoms with Crippen molar-refractivity contribution in [2.75, 3.05) is 25.0 Å². The first-order valence-electron chi connectivity index (χ1n) is 12.0. The van der Waals surface area contributed by atoms with Crippen molar-refractivity contribution in [3.05, 3.63) is 41.2 Å². The molecule has 202 valence electrons. The lowest BCUT2D eigenvalue weighted by atomic mass is 10.1. The standard InChI is InChI=1S/C24H34N6O6S/c1-15-11-16(2)21(17(3)12-15)37(34,35)29-20(23(32)33)14-27-22(31)19-13-18(36-28-19)7-5-6-10-30(4)24-25-8-9-26-24/h8-9,11-12,18,20,29H,5-7,10,13-14H2,1-4H3,(H,25,26)(H,27,31)(H,32,33). The lowest BCUT2D eigenvalue weighted by Gasteiger charge is -2.18. The number of anilines is 1. The van der Waals surface area contributed by atoms with Gasteiger partial charge in [-0.15, -0.1) is 0 Å². The van der Waals surface area contributed by atoms with Crippen molar-refractivity contribution in [2.45, 2.75) is 63.5 Å². The van der Waals surface area contributed by atoms with Crippen molar-refractivity contribution >= 4 is 33.6 Å². The van der Waals surface area contributed by atoms with Crippen LogP contribution in [0.4, 0.5) is 5.95 Å². The van der Waals surface area contributed by atoms with Crippen LogP contribution in [0.2, 0.25) is 0 Å². The normalized spacial score (nSPS) is 16.1. The molecule has 3 rings (SSSR count). The Labute approximate surface area is 216 Å². The third-order valence-electron chi connectivity index (χ3n) is 6.05. The van der Waals surface area contributed by atoms with Gasteiger partial charge in [-0.1, -0.05) is 22.9 Å².